The third-order valence-corrected chi connectivity index (χ3v) is 4.17. The molecule has 26 heavy (non-hydrogen) atoms. The van der Waals surface area contributed by atoms with Crippen LogP contribution in [0.4, 0.5) is 0 Å². The van der Waals surface area contributed by atoms with Gasteiger partial charge in [-0.3, -0.25) is 9.59 Å². The predicted octanol–water partition coefficient (Wildman–Crippen LogP) is 5.21. The van der Waals surface area contributed by atoms with E-state index in [2.05, 4.69) is 12.7 Å². The average Bonchev–Trinajstić information content (AvgIpc) is 2.58. The van der Waals surface area contributed by atoms with Gasteiger partial charge in [-0.2, -0.15) is 0 Å². The molecule has 0 bridgehead atoms. The summed E-state index contributed by atoms with van der Waals surface area (Å²) in [5.41, 5.74) is 4.57. The van der Waals surface area contributed by atoms with Crippen molar-refractivity contribution in [1.82, 2.24) is 0 Å². The number of carboxylic acid groups (broad SMARTS) is 2. The number of rotatable bonds is 17. The topological polar surface area (TPSA) is 101 Å². The first-order valence-electron chi connectivity index (χ1n) is 10.2. The number of hydrogen-bond donors (Lipinski definition) is 3. The fourth-order valence-corrected chi connectivity index (χ4v) is 2.65. The Labute approximate surface area is 179 Å². The molecule has 0 amide bonds. The quantitative estimate of drug-likeness (QED) is 0.236. The maximum atomic E-state index is 10.3. The SMILES string of the molecule is CCCCCCCCCCCCCCCCCC(=O)O.NCC(=O)O.[H-].[H-].[Mg+2]. The van der Waals surface area contributed by atoms with E-state index in [1.165, 1.54) is 83.5 Å². The van der Waals surface area contributed by atoms with Crippen molar-refractivity contribution < 1.29 is 22.7 Å². The summed E-state index contributed by atoms with van der Waals surface area (Å²) in [5, 5.41) is 16.1. The summed E-state index contributed by atoms with van der Waals surface area (Å²) in [6, 6.07) is 0. The van der Waals surface area contributed by atoms with Crippen molar-refractivity contribution in [3.63, 3.8) is 0 Å². The van der Waals surface area contributed by atoms with Crippen LogP contribution in [0.25, 0.3) is 0 Å². The molecule has 6 heteroatoms. The number of unbranched alkanes of at least 4 members (excludes halogenated alkanes) is 14. The van der Waals surface area contributed by atoms with Crippen LogP contribution in [-0.2, 0) is 9.59 Å². The van der Waals surface area contributed by atoms with Gasteiger partial charge in [-0.05, 0) is 6.42 Å². The van der Waals surface area contributed by atoms with Crippen LogP contribution in [0.5, 0.6) is 0 Å². The molecule has 0 aliphatic rings. The summed E-state index contributed by atoms with van der Waals surface area (Å²) in [4.78, 5) is 19.6. The van der Waals surface area contributed by atoms with Gasteiger partial charge in [0.1, 0.15) is 0 Å². The van der Waals surface area contributed by atoms with E-state index in [1.807, 2.05) is 0 Å². The van der Waals surface area contributed by atoms with Gasteiger partial charge in [0.2, 0.25) is 0 Å². The van der Waals surface area contributed by atoms with Crippen molar-refractivity contribution in [1.29, 1.82) is 0 Å². The fourth-order valence-electron chi connectivity index (χ4n) is 2.65. The Hall–Kier alpha value is -0.334. The van der Waals surface area contributed by atoms with Crippen LogP contribution in [0.3, 0.4) is 0 Å². The average molecular weight is 386 g/mol. The molecule has 0 aromatic carbocycles. The number of hydrogen-bond acceptors (Lipinski definition) is 3. The van der Waals surface area contributed by atoms with Crippen LogP contribution in [0, 0.1) is 0 Å². The summed E-state index contributed by atoms with van der Waals surface area (Å²) >= 11 is 0. The number of carbonyl (C=O) groups is 2. The minimum absolute atomic E-state index is 0. The van der Waals surface area contributed by atoms with E-state index < -0.39 is 11.9 Å². The van der Waals surface area contributed by atoms with Crippen molar-refractivity contribution >= 4 is 35.0 Å². The fraction of sp³-hybridized carbons (Fsp3) is 0.900. The first kappa shape index (κ1) is 30.4. The summed E-state index contributed by atoms with van der Waals surface area (Å²) in [6.07, 6.45) is 20.2. The van der Waals surface area contributed by atoms with Gasteiger partial charge in [0.15, 0.2) is 0 Å². The summed E-state index contributed by atoms with van der Waals surface area (Å²) in [6.45, 7) is 1.99. The smallest absolute Gasteiger partial charge is 1.00 e. The molecule has 0 fully saturated rings. The zero-order valence-corrected chi connectivity index (χ0v) is 18.4. The molecule has 0 heterocycles. The van der Waals surface area contributed by atoms with E-state index in [-0.39, 0.29) is 32.5 Å². The molecule has 0 aliphatic carbocycles. The summed E-state index contributed by atoms with van der Waals surface area (Å²) < 4.78 is 0. The molecular formula is C20H43MgNO4. The van der Waals surface area contributed by atoms with Gasteiger partial charge in [0, 0.05) is 6.42 Å². The molecule has 0 aromatic heterocycles. The molecule has 0 atom stereocenters. The maximum Gasteiger partial charge on any atom is 2.00 e. The third kappa shape index (κ3) is 34.9. The second kappa shape index (κ2) is 26.9. The van der Waals surface area contributed by atoms with Gasteiger partial charge in [-0.15, -0.1) is 0 Å². The third-order valence-electron chi connectivity index (χ3n) is 4.17. The van der Waals surface area contributed by atoms with Crippen molar-refractivity contribution in [3.05, 3.63) is 0 Å². The van der Waals surface area contributed by atoms with E-state index in [4.69, 9.17) is 10.2 Å². The molecule has 0 rings (SSSR count). The van der Waals surface area contributed by atoms with E-state index in [0.29, 0.717) is 6.42 Å². The van der Waals surface area contributed by atoms with E-state index >= 15 is 0 Å². The van der Waals surface area contributed by atoms with Crippen molar-refractivity contribution in [2.24, 2.45) is 5.73 Å². The molecule has 5 nitrogen and oxygen atoms in total. The Bertz CT molecular complexity index is 312. The first-order chi connectivity index (χ1) is 12.0. The molecular weight excluding hydrogens is 343 g/mol. The van der Waals surface area contributed by atoms with Gasteiger partial charge in [-0.1, -0.05) is 96.8 Å². The second-order valence-corrected chi connectivity index (χ2v) is 6.69. The zero-order valence-electron chi connectivity index (χ0n) is 19.0. The minimum atomic E-state index is -0.968. The van der Waals surface area contributed by atoms with Gasteiger partial charge < -0.3 is 18.8 Å². The van der Waals surface area contributed by atoms with Crippen molar-refractivity contribution in [2.75, 3.05) is 6.54 Å². The molecule has 4 N–H and O–H groups in total. The van der Waals surface area contributed by atoms with Gasteiger partial charge in [0.05, 0.1) is 6.54 Å². The zero-order chi connectivity index (χ0) is 19.2. The standard InChI is InChI=1S/C18H36O2.C2H5NO2.Mg.2H/c1-2-3-4-5-6-7-8-9-10-11-12-13-14-15-16-17-18(19)20;3-1-2(4)5;;;/h2-17H2,1H3,(H,19,20);1,3H2,(H,4,5);;;/q;;+2;2*-1. The van der Waals surface area contributed by atoms with Crippen LogP contribution in [0.15, 0.2) is 0 Å². The molecule has 0 aliphatic heterocycles. The van der Waals surface area contributed by atoms with Crippen LogP contribution >= 0.6 is 0 Å². The van der Waals surface area contributed by atoms with E-state index in [0.717, 1.165) is 12.8 Å². The summed E-state index contributed by atoms with van der Waals surface area (Å²) in [5.74, 6) is -1.62. The number of carboxylic acids is 2. The Morgan fingerprint density at radius 1 is 0.654 bits per heavy atom. The predicted molar refractivity (Wildman–Crippen MR) is 112 cm³/mol. The van der Waals surface area contributed by atoms with E-state index in [1.54, 1.807) is 0 Å². The Balaban J connectivity index is -0.000000195. The van der Waals surface area contributed by atoms with Gasteiger partial charge in [-0.25, -0.2) is 0 Å². The van der Waals surface area contributed by atoms with Crippen molar-refractivity contribution in [2.45, 2.75) is 110 Å². The Morgan fingerprint density at radius 3 is 1.15 bits per heavy atom. The molecule has 0 radical (unpaired) electrons. The van der Waals surface area contributed by atoms with E-state index in [9.17, 15) is 9.59 Å². The van der Waals surface area contributed by atoms with Crippen molar-refractivity contribution in [3.8, 4) is 0 Å². The van der Waals surface area contributed by atoms with Crippen LogP contribution in [-0.4, -0.2) is 51.7 Å². The molecule has 0 aromatic rings. The van der Waals surface area contributed by atoms with Crippen LogP contribution in [0.1, 0.15) is 113 Å². The normalized spacial score (nSPS) is 9.77. The van der Waals surface area contributed by atoms with Crippen LogP contribution < -0.4 is 5.73 Å². The maximum absolute atomic E-state index is 10.3. The largest absolute Gasteiger partial charge is 2.00 e. The molecule has 0 unspecified atom stereocenters. The second-order valence-electron chi connectivity index (χ2n) is 6.69. The van der Waals surface area contributed by atoms with Crippen LogP contribution in [0.2, 0.25) is 0 Å². The number of aliphatic carboxylic acids is 2. The van der Waals surface area contributed by atoms with Gasteiger partial charge >= 0.3 is 35.0 Å². The Kier molecular flexibility index (Phi) is 31.4. The monoisotopic (exact) mass is 385 g/mol. The molecule has 154 valence electrons. The first-order valence-corrected chi connectivity index (χ1v) is 10.2. The van der Waals surface area contributed by atoms with Gasteiger partial charge in [0.25, 0.3) is 0 Å². The molecule has 0 saturated heterocycles. The summed E-state index contributed by atoms with van der Waals surface area (Å²) in [7, 11) is 0. The minimum Gasteiger partial charge on any atom is -1.00 e. The molecule has 0 saturated carbocycles. The molecule has 0 spiro atoms. The Morgan fingerprint density at radius 2 is 0.923 bits per heavy atom. The number of nitrogens with two attached hydrogens (primary N) is 1.